The van der Waals surface area contributed by atoms with Crippen LogP contribution in [0.3, 0.4) is 0 Å². The van der Waals surface area contributed by atoms with Crippen LogP contribution in [0.15, 0.2) is 30.7 Å². The van der Waals surface area contributed by atoms with Gasteiger partial charge in [-0.25, -0.2) is 9.67 Å². The SMILES string of the molecule is CCNC(C)c1ccnc(-n2cc(C)cn2)c1. The molecule has 0 aliphatic heterocycles. The van der Waals surface area contributed by atoms with E-state index in [1.165, 1.54) is 5.56 Å². The van der Waals surface area contributed by atoms with Crippen LogP contribution in [0.2, 0.25) is 0 Å². The normalized spacial score (nSPS) is 12.6. The van der Waals surface area contributed by atoms with Crippen molar-refractivity contribution in [2.45, 2.75) is 26.8 Å². The summed E-state index contributed by atoms with van der Waals surface area (Å²) in [5, 5.41) is 7.65. The maximum absolute atomic E-state index is 4.34. The van der Waals surface area contributed by atoms with Gasteiger partial charge in [-0.1, -0.05) is 6.92 Å². The molecule has 0 aliphatic carbocycles. The van der Waals surface area contributed by atoms with Crippen LogP contribution in [0, 0.1) is 6.92 Å². The van der Waals surface area contributed by atoms with Crippen LogP contribution in [0.1, 0.15) is 31.0 Å². The Hall–Kier alpha value is -1.68. The van der Waals surface area contributed by atoms with E-state index in [9.17, 15) is 0 Å². The van der Waals surface area contributed by atoms with Crippen LogP contribution >= 0.6 is 0 Å². The molecule has 17 heavy (non-hydrogen) atoms. The molecular weight excluding hydrogens is 212 g/mol. The molecule has 90 valence electrons. The van der Waals surface area contributed by atoms with Gasteiger partial charge in [0.2, 0.25) is 0 Å². The maximum Gasteiger partial charge on any atom is 0.153 e. The van der Waals surface area contributed by atoms with Gasteiger partial charge in [0.25, 0.3) is 0 Å². The Morgan fingerprint density at radius 2 is 2.29 bits per heavy atom. The number of nitrogens with one attached hydrogen (secondary N) is 1. The Balaban J connectivity index is 2.28. The zero-order chi connectivity index (χ0) is 12.3. The molecule has 4 heteroatoms. The van der Waals surface area contributed by atoms with Crippen molar-refractivity contribution in [2.75, 3.05) is 6.54 Å². The highest BCUT2D eigenvalue weighted by molar-refractivity contribution is 5.29. The van der Waals surface area contributed by atoms with E-state index in [-0.39, 0.29) is 0 Å². The van der Waals surface area contributed by atoms with E-state index in [0.717, 1.165) is 17.9 Å². The van der Waals surface area contributed by atoms with E-state index >= 15 is 0 Å². The van der Waals surface area contributed by atoms with Crippen molar-refractivity contribution < 1.29 is 0 Å². The Labute approximate surface area is 102 Å². The van der Waals surface area contributed by atoms with Gasteiger partial charge in [0.1, 0.15) is 0 Å². The van der Waals surface area contributed by atoms with Gasteiger partial charge < -0.3 is 5.32 Å². The summed E-state index contributed by atoms with van der Waals surface area (Å²) in [4.78, 5) is 4.34. The lowest BCUT2D eigenvalue weighted by Crippen LogP contribution is -2.18. The Bertz CT molecular complexity index is 490. The highest BCUT2D eigenvalue weighted by Gasteiger charge is 2.06. The molecular formula is C13H18N4. The maximum atomic E-state index is 4.34. The van der Waals surface area contributed by atoms with Crippen LogP contribution in [-0.2, 0) is 0 Å². The number of pyridine rings is 1. The van der Waals surface area contributed by atoms with Crippen molar-refractivity contribution in [3.8, 4) is 5.82 Å². The van der Waals surface area contributed by atoms with Crippen LogP contribution in [0.5, 0.6) is 0 Å². The van der Waals surface area contributed by atoms with Crippen molar-refractivity contribution in [1.29, 1.82) is 0 Å². The average molecular weight is 230 g/mol. The quantitative estimate of drug-likeness (QED) is 0.876. The lowest BCUT2D eigenvalue weighted by atomic mass is 10.1. The molecule has 0 aliphatic rings. The van der Waals surface area contributed by atoms with Crippen molar-refractivity contribution in [3.05, 3.63) is 41.9 Å². The molecule has 1 atom stereocenters. The second-order valence-corrected chi connectivity index (χ2v) is 4.19. The zero-order valence-corrected chi connectivity index (χ0v) is 10.5. The van der Waals surface area contributed by atoms with Crippen LogP contribution in [0.25, 0.3) is 5.82 Å². The summed E-state index contributed by atoms with van der Waals surface area (Å²) in [6, 6.07) is 4.44. The second kappa shape index (κ2) is 5.10. The molecule has 1 N–H and O–H groups in total. The van der Waals surface area contributed by atoms with Gasteiger partial charge in [-0.2, -0.15) is 5.10 Å². The first-order valence-electron chi connectivity index (χ1n) is 5.91. The minimum atomic E-state index is 0.332. The van der Waals surface area contributed by atoms with E-state index in [4.69, 9.17) is 0 Å². The van der Waals surface area contributed by atoms with Gasteiger partial charge in [-0.15, -0.1) is 0 Å². The van der Waals surface area contributed by atoms with Crippen molar-refractivity contribution >= 4 is 0 Å². The number of aromatic nitrogens is 3. The molecule has 0 fully saturated rings. The predicted molar refractivity (Wildman–Crippen MR) is 68.2 cm³/mol. The fraction of sp³-hybridized carbons (Fsp3) is 0.385. The summed E-state index contributed by atoms with van der Waals surface area (Å²) >= 11 is 0. The average Bonchev–Trinajstić information content (AvgIpc) is 2.76. The lowest BCUT2D eigenvalue weighted by Gasteiger charge is -2.13. The first kappa shape index (κ1) is 11.8. The van der Waals surface area contributed by atoms with E-state index < -0.39 is 0 Å². The van der Waals surface area contributed by atoms with Crippen molar-refractivity contribution in [3.63, 3.8) is 0 Å². The number of nitrogens with zero attached hydrogens (tertiary/aromatic N) is 3. The number of hydrogen-bond donors (Lipinski definition) is 1. The third-order valence-corrected chi connectivity index (χ3v) is 2.73. The molecule has 4 nitrogen and oxygen atoms in total. The fourth-order valence-corrected chi connectivity index (χ4v) is 1.79. The largest absolute Gasteiger partial charge is 0.310 e. The highest BCUT2D eigenvalue weighted by Crippen LogP contribution is 2.14. The molecule has 0 aromatic carbocycles. The van der Waals surface area contributed by atoms with Gasteiger partial charge in [0.15, 0.2) is 5.82 Å². The summed E-state index contributed by atoms with van der Waals surface area (Å²) in [5.74, 6) is 0.861. The molecule has 0 bridgehead atoms. The van der Waals surface area contributed by atoms with Crippen molar-refractivity contribution in [2.24, 2.45) is 0 Å². The molecule has 2 aromatic heterocycles. The summed E-state index contributed by atoms with van der Waals surface area (Å²) in [6.45, 7) is 7.24. The van der Waals surface area contributed by atoms with E-state index in [1.807, 2.05) is 31.6 Å². The summed E-state index contributed by atoms with van der Waals surface area (Å²) < 4.78 is 1.80. The van der Waals surface area contributed by atoms with Crippen molar-refractivity contribution in [1.82, 2.24) is 20.1 Å². The summed E-state index contributed by atoms with van der Waals surface area (Å²) in [5.41, 5.74) is 2.36. The molecule has 0 saturated heterocycles. The highest BCUT2D eigenvalue weighted by atomic mass is 15.3. The molecule has 2 aromatic rings. The molecule has 0 saturated carbocycles. The number of hydrogen-bond acceptors (Lipinski definition) is 3. The van der Waals surface area contributed by atoms with Gasteiger partial charge in [-0.05, 0) is 43.7 Å². The number of aryl methyl sites for hydroxylation is 1. The third-order valence-electron chi connectivity index (χ3n) is 2.73. The van der Waals surface area contributed by atoms with Gasteiger partial charge in [-0.3, -0.25) is 0 Å². The summed E-state index contributed by atoms with van der Waals surface area (Å²) in [6.07, 6.45) is 5.64. The van der Waals surface area contributed by atoms with Crippen LogP contribution in [0.4, 0.5) is 0 Å². The van der Waals surface area contributed by atoms with E-state index in [1.54, 1.807) is 4.68 Å². The van der Waals surface area contributed by atoms with Gasteiger partial charge in [0.05, 0.1) is 6.20 Å². The predicted octanol–water partition coefficient (Wildman–Crippen LogP) is 2.25. The Kier molecular flexibility index (Phi) is 3.54. The lowest BCUT2D eigenvalue weighted by molar-refractivity contribution is 0.596. The molecule has 0 amide bonds. The second-order valence-electron chi connectivity index (χ2n) is 4.19. The molecule has 1 unspecified atom stereocenters. The first-order chi connectivity index (χ1) is 8.20. The zero-order valence-electron chi connectivity index (χ0n) is 10.5. The Morgan fingerprint density at radius 1 is 1.47 bits per heavy atom. The van der Waals surface area contributed by atoms with E-state index in [0.29, 0.717) is 6.04 Å². The van der Waals surface area contributed by atoms with Gasteiger partial charge in [0, 0.05) is 18.4 Å². The van der Waals surface area contributed by atoms with E-state index in [2.05, 4.69) is 35.3 Å². The number of rotatable bonds is 4. The smallest absolute Gasteiger partial charge is 0.153 e. The van der Waals surface area contributed by atoms with Gasteiger partial charge >= 0.3 is 0 Å². The standard InChI is InChI=1S/C13H18N4/c1-4-14-11(3)12-5-6-15-13(7-12)17-9-10(2)8-16-17/h5-9,11,14H,4H2,1-3H3. The molecule has 0 spiro atoms. The molecule has 2 heterocycles. The first-order valence-corrected chi connectivity index (χ1v) is 5.91. The monoisotopic (exact) mass is 230 g/mol. The Morgan fingerprint density at radius 3 is 2.94 bits per heavy atom. The van der Waals surface area contributed by atoms with Crippen LogP contribution < -0.4 is 5.32 Å². The molecule has 2 rings (SSSR count). The minimum Gasteiger partial charge on any atom is -0.310 e. The van der Waals surface area contributed by atoms with Crippen LogP contribution in [-0.4, -0.2) is 21.3 Å². The third kappa shape index (κ3) is 2.71. The minimum absolute atomic E-state index is 0.332. The topological polar surface area (TPSA) is 42.7 Å². The molecule has 0 radical (unpaired) electrons. The fourth-order valence-electron chi connectivity index (χ4n) is 1.79. The summed E-state index contributed by atoms with van der Waals surface area (Å²) in [7, 11) is 0.